The van der Waals surface area contributed by atoms with Gasteiger partial charge in [-0.05, 0) is 49.7 Å². The minimum Gasteiger partial charge on any atom is -0.354 e. The highest BCUT2D eigenvalue weighted by molar-refractivity contribution is 5.94. The number of nitrogens with one attached hydrogen (secondary N) is 1. The van der Waals surface area contributed by atoms with Crippen molar-refractivity contribution in [2.45, 2.75) is 44.6 Å². The van der Waals surface area contributed by atoms with Gasteiger partial charge in [0.2, 0.25) is 5.91 Å². The topological polar surface area (TPSA) is 52.7 Å². The van der Waals surface area contributed by atoms with Crippen molar-refractivity contribution in [3.63, 3.8) is 0 Å². The van der Waals surface area contributed by atoms with Crippen molar-refractivity contribution in [3.05, 3.63) is 35.9 Å². The molecule has 0 bridgehead atoms. The van der Waals surface area contributed by atoms with E-state index in [1.165, 1.54) is 25.7 Å². The van der Waals surface area contributed by atoms with E-state index in [4.69, 9.17) is 0 Å². The average Bonchev–Trinajstić information content (AvgIpc) is 3.40. The predicted molar refractivity (Wildman–Crippen MR) is 105 cm³/mol. The van der Waals surface area contributed by atoms with Crippen LogP contribution in [0.25, 0.3) is 0 Å². The highest BCUT2D eigenvalue weighted by Crippen LogP contribution is 2.32. The van der Waals surface area contributed by atoms with E-state index >= 15 is 0 Å². The molecule has 4 rings (SSSR count). The molecule has 1 atom stereocenters. The van der Waals surface area contributed by atoms with Crippen LogP contribution in [0.5, 0.6) is 0 Å². The second-order valence-electron chi connectivity index (χ2n) is 8.37. The summed E-state index contributed by atoms with van der Waals surface area (Å²) in [5.74, 6) is 1.50. The molecule has 27 heavy (non-hydrogen) atoms. The Kier molecular flexibility index (Phi) is 5.77. The van der Waals surface area contributed by atoms with Gasteiger partial charge in [-0.25, -0.2) is 0 Å². The van der Waals surface area contributed by atoms with Crippen molar-refractivity contribution in [3.8, 4) is 0 Å². The summed E-state index contributed by atoms with van der Waals surface area (Å²) in [5.41, 5.74) is 0.750. The monoisotopic (exact) mass is 369 g/mol. The fourth-order valence-electron chi connectivity index (χ4n) is 4.59. The van der Waals surface area contributed by atoms with Crippen LogP contribution in [0.15, 0.2) is 30.3 Å². The van der Waals surface area contributed by atoms with Crippen LogP contribution in [0.1, 0.15) is 48.9 Å². The molecule has 5 heteroatoms. The second kappa shape index (κ2) is 8.42. The van der Waals surface area contributed by atoms with E-state index in [0.29, 0.717) is 24.9 Å². The Bertz CT molecular complexity index is 645. The minimum absolute atomic E-state index is 0.0137. The molecule has 1 aliphatic heterocycles. The maximum atomic E-state index is 13.0. The number of rotatable bonds is 6. The van der Waals surface area contributed by atoms with E-state index in [-0.39, 0.29) is 17.9 Å². The fourth-order valence-corrected chi connectivity index (χ4v) is 4.59. The molecule has 1 saturated heterocycles. The van der Waals surface area contributed by atoms with Gasteiger partial charge >= 0.3 is 0 Å². The maximum absolute atomic E-state index is 13.0. The van der Waals surface area contributed by atoms with E-state index in [2.05, 4.69) is 10.2 Å². The van der Waals surface area contributed by atoms with Gasteiger partial charge in [0, 0.05) is 38.3 Å². The third-order valence-electron chi connectivity index (χ3n) is 6.39. The number of amides is 2. The Morgan fingerprint density at radius 2 is 1.63 bits per heavy atom. The van der Waals surface area contributed by atoms with Gasteiger partial charge in [-0.2, -0.15) is 0 Å². The third kappa shape index (κ3) is 4.52. The van der Waals surface area contributed by atoms with Gasteiger partial charge in [0.1, 0.15) is 0 Å². The lowest BCUT2D eigenvalue weighted by atomic mass is 9.95. The quantitative estimate of drug-likeness (QED) is 0.838. The van der Waals surface area contributed by atoms with Gasteiger partial charge in [-0.15, -0.1) is 0 Å². The summed E-state index contributed by atoms with van der Waals surface area (Å²) in [5, 5.41) is 3.22. The van der Waals surface area contributed by atoms with Gasteiger partial charge in [-0.3, -0.25) is 14.5 Å². The molecule has 2 saturated carbocycles. The highest BCUT2D eigenvalue weighted by Gasteiger charge is 2.37. The Hall–Kier alpha value is -1.88. The first-order valence-electron chi connectivity index (χ1n) is 10.6. The molecule has 0 unspecified atom stereocenters. The van der Waals surface area contributed by atoms with Crippen LogP contribution in [0, 0.1) is 11.8 Å². The van der Waals surface area contributed by atoms with E-state index in [1.807, 2.05) is 35.2 Å². The Balaban J connectivity index is 1.37. The molecule has 1 aromatic carbocycles. The molecule has 2 amide bonds. The molecule has 146 valence electrons. The van der Waals surface area contributed by atoms with Crippen molar-refractivity contribution in [1.82, 2.24) is 15.1 Å². The lowest BCUT2D eigenvalue weighted by Gasteiger charge is -2.40. The summed E-state index contributed by atoms with van der Waals surface area (Å²) >= 11 is 0. The summed E-state index contributed by atoms with van der Waals surface area (Å²) in [7, 11) is 0. The largest absolute Gasteiger partial charge is 0.354 e. The SMILES string of the molecule is O=C(NCC1CC1)[C@H](C1CCCC1)N1CCN(C(=O)c2ccccc2)CC1. The summed E-state index contributed by atoms with van der Waals surface area (Å²) < 4.78 is 0. The minimum atomic E-state index is -0.0137. The Morgan fingerprint density at radius 1 is 0.963 bits per heavy atom. The second-order valence-corrected chi connectivity index (χ2v) is 8.37. The maximum Gasteiger partial charge on any atom is 0.253 e. The molecule has 0 aromatic heterocycles. The molecule has 3 fully saturated rings. The lowest BCUT2D eigenvalue weighted by Crippen LogP contribution is -2.58. The van der Waals surface area contributed by atoms with Crippen LogP contribution in [-0.4, -0.2) is 60.4 Å². The van der Waals surface area contributed by atoms with Gasteiger partial charge in [0.05, 0.1) is 6.04 Å². The summed E-state index contributed by atoms with van der Waals surface area (Å²) in [6, 6.07) is 9.48. The molecule has 1 aromatic rings. The van der Waals surface area contributed by atoms with E-state index in [1.54, 1.807) is 0 Å². The number of hydrogen-bond acceptors (Lipinski definition) is 3. The molecule has 0 radical (unpaired) electrons. The van der Waals surface area contributed by atoms with Crippen molar-refractivity contribution >= 4 is 11.8 Å². The van der Waals surface area contributed by atoms with E-state index in [9.17, 15) is 9.59 Å². The Labute approximate surface area is 162 Å². The molecular formula is C22H31N3O2. The number of carbonyl (C=O) groups excluding carboxylic acids is 2. The summed E-state index contributed by atoms with van der Waals surface area (Å²) in [6.45, 7) is 3.82. The number of hydrogen-bond donors (Lipinski definition) is 1. The van der Waals surface area contributed by atoms with Crippen LogP contribution in [0.4, 0.5) is 0 Å². The smallest absolute Gasteiger partial charge is 0.253 e. The van der Waals surface area contributed by atoms with E-state index in [0.717, 1.165) is 38.0 Å². The number of carbonyl (C=O) groups is 2. The Morgan fingerprint density at radius 3 is 2.26 bits per heavy atom. The zero-order valence-corrected chi connectivity index (χ0v) is 16.1. The zero-order valence-electron chi connectivity index (χ0n) is 16.1. The molecular weight excluding hydrogens is 338 g/mol. The summed E-state index contributed by atoms with van der Waals surface area (Å²) in [6.07, 6.45) is 7.31. The number of piperazine rings is 1. The van der Waals surface area contributed by atoms with Gasteiger partial charge < -0.3 is 10.2 Å². The van der Waals surface area contributed by atoms with Gasteiger partial charge in [0.25, 0.3) is 5.91 Å². The van der Waals surface area contributed by atoms with Crippen LogP contribution < -0.4 is 5.32 Å². The molecule has 0 spiro atoms. The third-order valence-corrected chi connectivity index (χ3v) is 6.39. The van der Waals surface area contributed by atoms with Gasteiger partial charge in [-0.1, -0.05) is 31.0 Å². The molecule has 1 N–H and O–H groups in total. The van der Waals surface area contributed by atoms with Crippen LogP contribution in [-0.2, 0) is 4.79 Å². The summed E-state index contributed by atoms with van der Waals surface area (Å²) in [4.78, 5) is 29.9. The molecule has 3 aliphatic rings. The van der Waals surface area contributed by atoms with Crippen molar-refractivity contribution in [2.24, 2.45) is 11.8 Å². The zero-order chi connectivity index (χ0) is 18.6. The fraction of sp³-hybridized carbons (Fsp3) is 0.636. The standard InChI is InChI=1S/C22H31N3O2/c26-21(23-16-17-10-11-17)20(18-6-4-5-7-18)24-12-14-25(15-13-24)22(27)19-8-2-1-3-9-19/h1-3,8-9,17-18,20H,4-7,10-16H2,(H,23,26)/t20-/m0/s1. The van der Waals surface area contributed by atoms with Crippen molar-refractivity contribution in [2.75, 3.05) is 32.7 Å². The van der Waals surface area contributed by atoms with Crippen LogP contribution in [0.3, 0.4) is 0 Å². The average molecular weight is 370 g/mol. The van der Waals surface area contributed by atoms with Crippen molar-refractivity contribution < 1.29 is 9.59 Å². The normalized spacial score (nSPS) is 22.6. The van der Waals surface area contributed by atoms with E-state index < -0.39 is 0 Å². The predicted octanol–water partition coefficient (Wildman–Crippen LogP) is 2.53. The van der Waals surface area contributed by atoms with Gasteiger partial charge in [0.15, 0.2) is 0 Å². The number of nitrogens with zero attached hydrogens (tertiary/aromatic N) is 2. The first kappa shape index (κ1) is 18.5. The van der Waals surface area contributed by atoms with Crippen LogP contribution in [0.2, 0.25) is 0 Å². The van der Waals surface area contributed by atoms with Crippen molar-refractivity contribution in [1.29, 1.82) is 0 Å². The lowest BCUT2D eigenvalue weighted by molar-refractivity contribution is -0.129. The highest BCUT2D eigenvalue weighted by atomic mass is 16.2. The first-order chi connectivity index (χ1) is 13.2. The number of benzene rings is 1. The first-order valence-corrected chi connectivity index (χ1v) is 10.6. The molecule has 2 aliphatic carbocycles. The molecule has 5 nitrogen and oxygen atoms in total. The van der Waals surface area contributed by atoms with Crippen LogP contribution >= 0.6 is 0 Å². The molecule has 1 heterocycles.